The van der Waals surface area contributed by atoms with Gasteiger partial charge in [-0.15, -0.1) is 6.58 Å². The lowest BCUT2D eigenvalue weighted by Crippen LogP contribution is -2.34. The highest BCUT2D eigenvalue weighted by Gasteiger charge is 2.25. The first-order chi connectivity index (χ1) is 14.9. The molecule has 0 spiro atoms. The van der Waals surface area contributed by atoms with Crippen LogP contribution in [0.2, 0.25) is 0 Å². The van der Waals surface area contributed by atoms with E-state index in [9.17, 15) is 15.0 Å². The van der Waals surface area contributed by atoms with Crippen LogP contribution >= 0.6 is 0 Å². The molecule has 31 heavy (non-hydrogen) atoms. The Labute approximate surface area is 190 Å². The molecule has 178 valence electrons. The number of carbonyl (C=O) groups is 1. The number of unbranched alkanes of at least 4 members (excludes halogenated alkanes) is 4. The second-order valence-electron chi connectivity index (χ2n) is 9.23. The van der Waals surface area contributed by atoms with E-state index >= 15 is 0 Å². The molecular formula is C27H46O4. The van der Waals surface area contributed by atoms with Crippen molar-refractivity contribution >= 4 is 5.97 Å². The average molecular weight is 435 g/mol. The number of esters is 1. The first kappa shape index (κ1) is 27.6. The molecule has 1 aliphatic rings. The molecule has 0 aliphatic heterocycles. The zero-order valence-electron chi connectivity index (χ0n) is 19.9. The van der Waals surface area contributed by atoms with Gasteiger partial charge in [0.1, 0.15) is 6.61 Å². The fourth-order valence-electron chi connectivity index (χ4n) is 4.39. The summed E-state index contributed by atoms with van der Waals surface area (Å²) in [7, 11) is 0. The molecule has 1 rings (SSSR count). The third-order valence-electron chi connectivity index (χ3n) is 6.36. The van der Waals surface area contributed by atoms with E-state index in [0.29, 0.717) is 18.3 Å². The second kappa shape index (κ2) is 16.3. The first-order valence-corrected chi connectivity index (χ1v) is 12.4. The molecule has 3 atom stereocenters. The minimum absolute atomic E-state index is 0.197. The standard InChI is InChI=1S/C27H46O4/c1-4-6-7-10-15-24(5-2)16-13-18-26-20-14-19-25(26)17-11-8-9-12-21-27(29,30)22-31-23(3)28/h5,8,11,13,18,24-26,29-30H,2,4,6-7,9-10,12,14-17,19-22H2,1,3H3/b11-8-,18-13+/t24-,25-,26-/m0/s1. The lowest BCUT2D eigenvalue weighted by Gasteiger charge is -2.20. The van der Waals surface area contributed by atoms with Gasteiger partial charge in [-0.05, 0) is 62.7 Å². The van der Waals surface area contributed by atoms with Crippen LogP contribution in [0.3, 0.4) is 0 Å². The van der Waals surface area contributed by atoms with Gasteiger partial charge in [-0.1, -0.05) is 69.4 Å². The molecule has 0 unspecified atom stereocenters. The summed E-state index contributed by atoms with van der Waals surface area (Å²) in [6, 6.07) is 0. The van der Waals surface area contributed by atoms with E-state index in [-0.39, 0.29) is 13.0 Å². The van der Waals surface area contributed by atoms with E-state index < -0.39 is 11.8 Å². The second-order valence-corrected chi connectivity index (χ2v) is 9.23. The highest BCUT2D eigenvalue weighted by molar-refractivity contribution is 5.65. The van der Waals surface area contributed by atoms with Crippen molar-refractivity contribution in [3.8, 4) is 0 Å². The average Bonchev–Trinajstić information content (AvgIpc) is 3.18. The molecular weight excluding hydrogens is 388 g/mol. The molecule has 4 nitrogen and oxygen atoms in total. The number of allylic oxidation sites excluding steroid dienone is 5. The largest absolute Gasteiger partial charge is 0.460 e. The Bertz CT molecular complexity index is 549. The molecule has 0 aromatic heterocycles. The first-order valence-electron chi connectivity index (χ1n) is 12.4. The van der Waals surface area contributed by atoms with Crippen molar-refractivity contribution in [2.75, 3.05) is 6.61 Å². The summed E-state index contributed by atoms with van der Waals surface area (Å²) in [6.45, 7) is 7.17. The van der Waals surface area contributed by atoms with Crippen LogP contribution in [0.15, 0.2) is 37.0 Å². The predicted octanol–water partition coefficient (Wildman–Crippen LogP) is 6.48. The third-order valence-corrected chi connectivity index (χ3v) is 6.36. The number of hydrogen-bond acceptors (Lipinski definition) is 4. The van der Waals surface area contributed by atoms with Crippen molar-refractivity contribution in [3.63, 3.8) is 0 Å². The van der Waals surface area contributed by atoms with Gasteiger partial charge in [0.15, 0.2) is 5.79 Å². The van der Waals surface area contributed by atoms with Gasteiger partial charge in [0, 0.05) is 13.3 Å². The lowest BCUT2D eigenvalue weighted by molar-refractivity contribution is -0.204. The summed E-state index contributed by atoms with van der Waals surface area (Å²) >= 11 is 0. The zero-order valence-corrected chi connectivity index (χ0v) is 19.9. The van der Waals surface area contributed by atoms with Gasteiger partial charge >= 0.3 is 5.97 Å². The van der Waals surface area contributed by atoms with Crippen molar-refractivity contribution in [2.45, 2.75) is 103 Å². The minimum atomic E-state index is -1.93. The Morgan fingerprint density at radius 1 is 1.16 bits per heavy atom. The summed E-state index contributed by atoms with van der Waals surface area (Å²) in [5, 5.41) is 19.6. The van der Waals surface area contributed by atoms with Crippen molar-refractivity contribution in [1.29, 1.82) is 0 Å². The van der Waals surface area contributed by atoms with Crippen LogP contribution in [0.25, 0.3) is 0 Å². The molecule has 1 fully saturated rings. The number of ether oxygens (including phenoxy) is 1. The SMILES string of the molecule is C=C[C@H](C/C=C/[C@H]1CCC[C@@H]1C/C=C\CCCC(O)(O)COC(C)=O)CCCCCC. The molecule has 0 bridgehead atoms. The van der Waals surface area contributed by atoms with Crippen LogP contribution in [0.4, 0.5) is 0 Å². The fraction of sp³-hybridized carbons (Fsp3) is 0.741. The molecule has 4 heteroatoms. The number of rotatable bonds is 17. The zero-order chi connectivity index (χ0) is 23.0. The molecule has 0 saturated heterocycles. The van der Waals surface area contributed by atoms with Crippen molar-refractivity contribution in [3.05, 3.63) is 37.0 Å². The Hall–Kier alpha value is -1.39. The Morgan fingerprint density at radius 2 is 1.97 bits per heavy atom. The van der Waals surface area contributed by atoms with Crippen LogP contribution in [0, 0.1) is 17.8 Å². The fourth-order valence-corrected chi connectivity index (χ4v) is 4.39. The van der Waals surface area contributed by atoms with Crippen LogP contribution in [0.1, 0.15) is 97.3 Å². The quantitative estimate of drug-likeness (QED) is 0.119. The van der Waals surface area contributed by atoms with Crippen molar-refractivity contribution < 1.29 is 19.7 Å². The molecule has 0 heterocycles. The van der Waals surface area contributed by atoms with Crippen molar-refractivity contribution in [2.24, 2.45) is 17.8 Å². The highest BCUT2D eigenvalue weighted by Crippen LogP contribution is 2.35. The van der Waals surface area contributed by atoms with Crippen LogP contribution in [0.5, 0.6) is 0 Å². The maximum Gasteiger partial charge on any atom is 0.302 e. The molecule has 0 amide bonds. The van der Waals surface area contributed by atoms with Gasteiger partial charge in [0.2, 0.25) is 0 Å². The van der Waals surface area contributed by atoms with Gasteiger partial charge in [-0.25, -0.2) is 0 Å². The van der Waals surface area contributed by atoms with Gasteiger partial charge in [0.25, 0.3) is 0 Å². The minimum Gasteiger partial charge on any atom is -0.460 e. The van der Waals surface area contributed by atoms with Crippen LogP contribution in [-0.2, 0) is 9.53 Å². The van der Waals surface area contributed by atoms with E-state index in [1.165, 1.54) is 58.3 Å². The highest BCUT2D eigenvalue weighted by atomic mass is 16.6. The molecule has 2 N–H and O–H groups in total. The Balaban J connectivity index is 2.26. The Morgan fingerprint density at radius 3 is 2.68 bits per heavy atom. The van der Waals surface area contributed by atoms with E-state index in [4.69, 9.17) is 0 Å². The normalized spacial score (nSPS) is 20.5. The van der Waals surface area contributed by atoms with Gasteiger partial charge in [-0.2, -0.15) is 0 Å². The number of carbonyl (C=O) groups excluding carboxylic acids is 1. The molecule has 0 radical (unpaired) electrons. The predicted molar refractivity (Wildman–Crippen MR) is 128 cm³/mol. The molecule has 0 aromatic rings. The monoisotopic (exact) mass is 434 g/mol. The summed E-state index contributed by atoms with van der Waals surface area (Å²) < 4.78 is 4.68. The summed E-state index contributed by atoms with van der Waals surface area (Å²) in [6.07, 6.45) is 25.7. The molecule has 1 saturated carbocycles. The smallest absolute Gasteiger partial charge is 0.302 e. The Kier molecular flexibility index (Phi) is 14.5. The van der Waals surface area contributed by atoms with E-state index in [1.54, 1.807) is 0 Å². The maximum atomic E-state index is 10.8. The lowest BCUT2D eigenvalue weighted by atomic mass is 9.90. The third kappa shape index (κ3) is 13.6. The topological polar surface area (TPSA) is 66.8 Å². The van der Waals surface area contributed by atoms with Gasteiger partial charge in [-0.3, -0.25) is 4.79 Å². The van der Waals surface area contributed by atoms with Crippen LogP contribution < -0.4 is 0 Å². The maximum absolute atomic E-state index is 10.8. The molecule has 0 aromatic carbocycles. The van der Waals surface area contributed by atoms with E-state index in [1.807, 2.05) is 0 Å². The summed E-state index contributed by atoms with van der Waals surface area (Å²) in [5.41, 5.74) is 0. The molecule has 1 aliphatic carbocycles. The van der Waals surface area contributed by atoms with Gasteiger partial charge < -0.3 is 14.9 Å². The number of hydrogen-bond donors (Lipinski definition) is 2. The number of aliphatic hydroxyl groups is 2. The van der Waals surface area contributed by atoms with Crippen LogP contribution in [-0.4, -0.2) is 28.6 Å². The van der Waals surface area contributed by atoms with Crippen molar-refractivity contribution in [1.82, 2.24) is 0 Å². The van der Waals surface area contributed by atoms with Gasteiger partial charge in [0.05, 0.1) is 0 Å². The van der Waals surface area contributed by atoms with E-state index in [0.717, 1.165) is 25.2 Å². The summed E-state index contributed by atoms with van der Waals surface area (Å²) in [4.78, 5) is 10.8. The van der Waals surface area contributed by atoms with E-state index in [2.05, 4.69) is 48.6 Å². The summed E-state index contributed by atoms with van der Waals surface area (Å²) in [5.74, 6) is -0.419.